The molecule has 0 unspecified atom stereocenters. The topological polar surface area (TPSA) is 45.5 Å². The minimum absolute atomic E-state index is 0.0141. The van der Waals surface area contributed by atoms with Crippen LogP contribution < -0.4 is 0 Å². The summed E-state index contributed by atoms with van der Waals surface area (Å²) in [7, 11) is 0. The number of carbonyl (C=O) groups is 1. The normalized spacial score (nSPS) is 17.5. The first-order chi connectivity index (χ1) is 11.8. The third kappa shape index (κ3) is 2.69. The van der Waals surface area contributed by atoms with Gasteiger partial charge in [-0.25, -0.2) is 4.79 Å². The fourth-order valence-electron chi connectivity index (χ4n) is 4.25. The van der Waals surface area contributed by atoms with Crippen molar-refractivity contribution in [3.05, 3.63) is 27.4 Å². The summed E-state index contributed by atoms with van der Waals surface area (Å²) >= 11 is 5.75. The molecule has 4 rings (SSSR count). The van der Waals surface area contributed by atoms with E-state index in [1.807, 2.05) is 11.8 Å². The number of aryl methyl sites for hydroxylation is 1. The molecule has 25 heavy (non-hydrogen) atoms. The molecule has 1 amide bonds. The van der Waals surface area contributed by atoms with Gasteiger partial charge >= 0.3 is 6.09 Å². The van der Waals surface area contributed by atoms with E-state index in [-0.39, 0.29) is 5.41 Å². The van der Waals surface area contributed by atoms with Crippen LogP contribution in [0.25, 0.3) is 10.9 Å². The Morgan fingerprint density at radius 3 is 2.76 bits per heavy atom. The van der Waals surface area contributed by atoms with Gasteiger partial charge in [-0.3, -0.25) is 0 Å². The van der Waals surface area contributed by atoms with E-state index >= 15 is 0 Å². The summed E-state index contributed by atoms with van der Waals surface area (Å²) in [5.74, 6) is 1.13. The van der Waals surface area contributed by atoms with Crippen molar-refractivity contribution in [3.8, 4) is 0 Å². The van der Waals surface area contributed by atoms with Crippen LogP contribution in [0, 0.1) is 0 Å². The second kappa shape index (κ2) is 5.95. The smallest absolute Gasteiger partial charge is 0.407 e. The van der Waals surface area contributed by atoms with Gasteiger partial charge in [0.15, 0.2) is 0 Å². The van der Waals surface area contributed by atoms with Gasteiger partial charge in [-0.1, -0.05) is 36.7 Å². The maximum absolute atomic E-state index is 11.6. The summed E-state index contributed by atoms with van der Waals surface area (Å²) in [5, 5.41) is 10.8. The minimum atomic E-state index is -0.819. The van der Waals surface area contributed by atoms with E-state index < -0.39 is 6.09 Å². The maximum atomic E-state index is 11.6. The molecule has 0 aliphatic carbocycles. The second-order valence-corrected chi connectivity index (χ2v) is 9.93. The van der Waals surface area contributed by atoms with Gasteiger partial charge in [0.1, 0.15) is 0 Å². The predicted molar refractivity (Wildman–Crippen MR) is 106 cm³/mol. The molecule has 134 valence electrons. The summed E-state index contributed by atoms with van der Waals surface area (Å²) < 4.78 is 3.63. The van der Waals surface area contributed by atoms with Crippen LogP contribution in [0.2, 0.25) is 0 Å². The predicted octanol–water partition coefficient (Wildman–Crippen LogP) is 5.23. The van der Waals surface area contributed by atoms with E-state index in [4.69, 9.17) is 0 Å². The number of carboxylic acid groups (broad SMARTS) is 1. The Hall–Kier alpha value is -1.14. The van der Waals surface area contributed by atoms with Crippen molar-refractivity contribution in [3.63, 3.8) is 0 Å². The summed E-state index contributed by atoms with van der Waals surface area (Å²) in [6, 6.07) is 2.27. The molecule has 0 radical (unpaired) electrons. The molecule has 0 bridgehead atoms. The number of fused-ring (bicyclic) bond motifs is 3. The van der Waals surface area contributed by atoms with Crippen molar-refractivity contribution in [2.24, 2.45) is 0 Å². The molecule has 2 aliphatic heterocycles. The van der Waals surface area contributed by atoms with Crippen LogP contribution in [0.3, 0.4) is 0 Å². The minimum Gasteiger partial charge on any atom is -0.465 e. The zero-order chi connectivity index (χ0) is 17.9. The quantitative estimate of drug-likeness (QED) is 0.631. The highest BCUT2D eigenvalue weighted by molar-refractivity contribution is 9.10. The molecule has 2 aliphatic rings. The summed E-state index contributed by atoms with van der Waals surface area (Å²) in [6.45, 7) is 8.83. The summed E-state index contributed by atoms with van der Waals surface area (Å²) in [6.07, 6.45) is 1.14. The lowest BCUT2D eigenvalue weighted by molar-refractivity contribution is 0.139. The number of amides is 1. The highest BCUT2D eigenvalue weighted by Gasteiger charge is 2.33. The van der Waals surface area contributed by atoms with Gasteiger partial charge < -0.3 is 14.6 Å². The number of thioether (sulfide) groups is 1. The summed E-state index contributed by atoms with van der Waals surface area (Å²) in [5.41, 5.74) is 5.18. The Balaban J connectivity index is 2.10. The lowest BCUT2D eigenvalue weighted by Crippen LogP contribution is -2.35. The highest BCUT2D eigenvalue weighted by atomic mass is 79.9. The number of nitrogens with zero attached hydrogens (tertiary/aromatic N) is 2. The van der Waals surface area contributed by atoms with Gasteiger partial charge in [0, 0.05) is 45.5 Å². The fourth-order valence-corrected chi connectivity index (χ4v) is 6.46. The number of hydrogen-bond acceptors (Lipinski definition) is 2. The molecule has 1 N–H and O–H groups in total. The van der Waals surface area contributed by atoms with Crippen molar-refractivity contribution in [2.75, 3.05) is 12.3 Å². The van der Waals surface area contributed by atoms with E-state index in [1.54, 1.807) is 4.90 Å². The number of halogens is 1. The number of rotatable bonds is 0. The third-order valence-corrected chi connectivity index (χ3v) is 6.97. The SMILES string of the molecule is CC(C)(C)c1c(Br)cc2c3c1c1c(n3CCCS2)CCN(C(=O)O)C1. The van der Waals surface area contributed by atoms with Crippen LogP contribution in [0.5, 0.6) is 0 Å². The van der Waals surface area contributed by atoms with Crippen LogP contribution >= 0.6 is 27.7 Å². The van der Waals surface area contributed by atoms with Crippen LogP contribution in [0.15, 0.2) is 15.4 Å². The Labute approximate surface area is 160 Å². The fraction of sp³-hybridized carbons (Fsp3) is 0.526. The van der Waals surface area contributed by atoms with Crippen LogP contribution in [-0.4, -0.2) is 33.0 Å². The van der Waals surface area contributed by atoms with Crippen molar-refractivity contribution in [2.45, 2.75) is 57.0 Å². The number of benzene rings is 1. The van der Waals surface area contributed by atoms with Crippen LogP contribution in [0.4, 0.5) is 4.79 Å². The van der Waals surface area contributed by atoms with Crippen molar-refractivity contribution >= 4 is 44.7 Å². The van der Waals surface area contributed by atoms with E-state index in [1.165, 1.54) is 32.6 Å². The molecule has 0 spiro atoms. The first-order valence-corrected chi connectivity index (χ1v) is 10.5. The molecule has 0 saturated heterocycles. The lowest BCUT2D eigenvalue weighted by Gasteiger charge is -2.27. The van der Waals surface area contributed by atoms with Gasteiger partial charge in [0.25, 0.3) is 0 Å². The average molecular weight is 423 g/mol. The third-order valence-electron chi connectivity index (χ3n) is 5.23. The van der Waals surface area contributed by atoms with Crippen LogP contribution in [-0.2, 0) is 24.9 Å². The molecule has 0 saturated carbocycles. The Morgan fingerprint density at radius 1 is 1.32 bits per heavy atom. The van der Waals surface area contributed by atoms with Crippen molar-refractivity contribution in [1.29, 1.82) is 0 Å². The Kier molecular flexibility index (Phi) is 4.11. The van der Waals surface area contributed by atoms with Gasteiger partial charge in [0.05, 0.1) is 12.1 Å². The standard InChI is InChI=1S/C19H23BrN2O2S/c1-19(2,3)16-12(20)9-14-17-15(16)11-10-21(18(23)24)7-5-13(11)22(17)6-4-8-25-14/h9H,4-8,10H2,1-3H3,(H,23,24). The van der Waals surface area contributed by atoms with E-state index in [9.17, 15) is 9.90 Å². The van der Waals surface area contributed by atoms with Crippen molar-refractivity contribution in [1.82, 2.24) is 9.47 Å². The summed E-state index contributed by atoms with van der Waals surface area (Å²) in [4.78, 5) is 14.4. The zero-order valence-corrected chi connectivity index (χ0v) is 17.3. The first-order valence-electron chi connectivity index (χ1n) is 8.76. The zero-order valence-electron chi connectivity index (χ0n) is 14.9. The van der Waals surface area contributed by atoms with Gasteiger partial charge in [-0.2, -0.15) is 0 Å². The highest BCUT2D eigenvalue weighted by Crippen LogP contribution is 2.46. The van der Waals surface area contributed by atoms with E-state index in [2.05, 4.69) is 47.3 Å². The Morgan fingerprint density at radius 2 is 2.08 bits per heavy atom. The molecule has 0 fully saturated rings. The molecule has 6 heteroatoms. The Bertz CT molecular complexity index is 882. The molecule has 1 aromatic carbocycles. The molecule has 4 nitrogen and oxygen atoms in total. The monoisotopic (exact) mass is 422 g/mol. The first kappa shape index (κ1) is 17.3. The molecule has 2 aromatic rings. The largest absolute Gasteiger partial charge is 0.465 e. The lowest BCUT2D eigenvalue weighted by atomic mass is 9.83. The maximum Gasteiger partial charge on any atom is 0.407 e. The molecule has 3 heterocycles. The number of hydrogen-bond donors (Lipinski definition) is 1. The van der Waals surface area contributed by atoms with Gasteiger partial charge in [-0.05, 0) is 29.2 Å². The average Bonchev–Trinajstić information content (AvgIpc) is 2.69. The molecule has 1 aromatic heterocycles. The second-order valence-electron chi connectivity index (χ2n) is 7.94. The van der Waals surface area contributed by atoms with E-state index in [0.717, 1.165) is 29.6 Å². The van der Waals surface area contributed by atoms with Crippen LogP contribution in [0.1, 0.15) is 44.0 Å². The number of aromatic nitrogens is 1. The van der Waals surface area contributed by atoms with Gasteiger partial charge in [0.2, 0.25) is 0 Å². The molecular formula is C19H23BrN2O2S. The molecule has 0 atom stereocenters. The van der Waals surface area contributed by atoms with E-state index in [0.29, 0.717) is 13.1 Å². The van der Waals surface area contributed by atoms with Gasteiger partial charge in [-0.15, -0.1) is 11.8 Å². The van der Waals surface area contributed by atoms with Crippen molar-refractivity contribution < 1.29 is 9.90 Å². The molecular weight excluding hydrogens is 400 g/mol.